The van der Waals surface area contributed by atoms with E-state index in [9.17, 15) is 0 Å². The number of likely N-dealkylation sites (N-methyl/N-ethyl adjacent to an activating group) is 1. The lowest BCUT2D eigenvalue weighted by Gasteiger charge is -2.26. The van der Waals surface area contributed by atoms with Gasteiger partial charge in [0.05, 0.1) is 0 Å². The van der Waals surface area contributed by atoms with Crippen molar-refractivity contribution in [3.63, 3.8) is 0 Å². The van der Waals surface area contributed by atoms with Crippen molar-refractivity contribution in [1.29, 1.82) is 0 Å². The Bertz CT molecular complexity index is 113. The van der Waals surface area contributed by atoms with Gasteiger partial charge in [-0.25, -0.2) is 0 Å². The van der Waals surface area contributed by atoms with E-state index in [2.05, 4.69) is 17.1 Å². The molecule has 1 heterocycles. The van der Waals surface area contributed by atoms with E-state index in [0.717, 1.165) is 32.6 Å². The van der Waals surface area contributed by atoms with Crippen LogP contribution in [0.5, 0.6) is 0 Å². The molecule has 1 rings (SSSR count). The molecule has 0 radical (unpaired) electrons. The van der Waals surface area contributed by atoms with E-state index in [1.54, 1.807) is 0 Å². The highest BCUT2D eigenvalue weighted by Crippen LogP contribution is 2.08. The molecule has 0 aromatic rings. The lowest BCUT2D eigenvalue weighted by Crippen LogP contribution is -2.37. The lowest BCUT2D eigenvalue weighted by atomic mass is 10.2. The lowest BCUT2D eigenvalue weighted by molar-refractivity contribution is 0.190. The molecule has 1 aliphatic rings. The fourth-order valence-electron chi connectivity index (χ4n) is 1.82. The summed E-state index contributed by atoms with van der Waals surface area (Å²) in [4.78, 5) is 2.45. The van der Waals surface area contributed by atoms with Gasteiger partial charge in [-0.15, -0.1) is 0 Å². The summed E-state index contributed by atoms with van der Waals surface area (Å²) in [6, 6.07) is 0.710. The fourth-order valence-corrected chi connectivity index (χ4v) is 1.82. The predicted molar refractivity (Wildman–Crippen MR) is 50.2 cm³/mol. The highest BCUT2D eigenvalue weighted by molar-refractivity contribution is 4.79. The molecular weight excluding hydrogens is 152 g/mol. The zero-order valence-electron chi connectivity index (χ0n) is 7.92. The summed E-state index contributed by atoms with van der Waals surface area (Å²) in [6.07, 6.45) is 2.17. The maximum atomic E-state index is 8.71. The number of aliphatic hydroxyl groups excluding tert-OH is 1. The highest BCUT2D eigenvalue weighted by atomic mass is 16.3. The van der Waals surface area contributed by atoms with E-state index in [1.165, 1.54) is 6.42 Å². The van der Waals surface area contributed by atoms with Crippen LogP contribution < -0.4 is 5.32 Å². The topological polar surface area (TPSA) is 35.5 Å². The molecule has 0 amide bonds. The fraction of sp³-hybridized carbons (Fsp3) is 1.00. The second kappa shape index (κ2) is 5.51. The number of rotatable bonds is 5. The number of hydrogen-bond acceptors (Lipinski definition) is 3. The molecule has 3 heteroatoms. The molecule has 0 saturated carbocycles. The van der Waals surface area contributed by atoms with Gasteiger partial charge in [-0.1, -0.05) is 6.92 Å². The molecule has 72 valence electrons. The minimum absolute atomic E-state index is 0.316. The maximum absolute atomic E-state index is 8.71. The SMILES string of the molecule is CCN(CCCO)C1CCNC1. The largest absolute Gasteiger partial charge is 0.396 e. The highest BCUT2D eigenvalue weighted by Gasteiger charge is 2.19. The Morgan fingerprint density at radius 2 is 2.42 bits per heavy atom. The summed E-state index contributed by atoms with van der Waals surface area (Å²) >= 11 is 0. The van der Waals surface area contributed by atoms with Crippen molar-refractivity contribution in [3.8, 4) is 0 Å². The van der Waals surface area contributed by atoms with Gasteiger partial charge in [0.15, 0.2) is 0 Å². The summed E-state index contributed by atoms with van der Waals surface area (Å²) in [5.41, 5.74) is 0. The molecule has 0 aromatic carbocycles. The number of hydrogen-bond donors (Lipinski definition) is 2. The van der Waals surface area contributed by atoms with Gasteiger partial charge in [0, 0.05) is 25.7 Å². The summed E-state index contributed by atoms with van der Waals surface area (Å²) < 4.78 is 0. The van der Waals surface area contributed by atoms with Crippen LogP contribution in [0.3, 0.4) is 0 Å². The predicted octanol–water partition coefficient (Wildman–Crippen LogP) is 0.0526. The summed E-state index contributed by atoms with van der Waals surface area (Å²) in [6.45, 7) is 6.93. The van der Waals surface area contributed by atoms with Crippen molar-refractivity contribution in [2.24, 2.45) is 0 Å². The van der Waals surface area contributed by atoms with Crippen LogP contribution in [0.2, 0.25) is 0 Å². The van der Waals surface area contributed by atoms with E-state index >= 15 is 0 Å². The van der Waals surface area contributed by atoms with Gasteiger partial charge < -0.3 is 10.4 Å². The van der Waals surface area contributed by atoms with Gasteiger partial charge in [-0.2, -0.15) is 0 Å². The zero-order valence-corrected chi connectivity index (χ0v) is 7.92. The van der Waals surface area contributed by atoms with E-state index in [4.69, 9.17) is 5.11 Å². The average Bonchev–Trinajstić information content (AvgIpc) is 2.59. The zero-order chi connectivity index (χ0) is 8.81. The molecule has 3 nitrogen and oxygen atoms in total. The first-order valence-electron chi connectivity index (χ1n) is 4.94. The second-order valence-corrected chi connectivity index (χ2v) is 3.35. The van der Waals surface area contributed by atoms with Gasteiger partial charge in [0.25, 0.3) is 0 Å². The van der Waals surface area contributed by atoms with Crippen molar-refractivity contribution >= 4 is 0 Å². The molecule has 0 spiro atoms. The molecule has 1 saturated heterocycles. The van der Waals surface area contributed by atoms with E-state index in [1.807, 2.05) is 0 Å². The van der Waals surface area contributed by atoms with Gasteiger partial charge >= 0.3 is 0 Å². The Kier molecular flexibility index (Phi) is 4.58. The molecule has 0 aliphatic carbocycles. The third-order valence-corrected chi connectivity index (χ3v) is 2.56. The van der Waals surface area contributed by atoms with Crippen LogP contribution in [0.15, 0.2) is 0 Å². The normalized spacial score (nSPS) is 23.8. The minimum Gasteiger partial charge on any atom is -0.396 e. The Balaban J connectivity index is 2.22. The van der Waals surface area contributed by atoms with Gasteiger partial charge in [0.1, 0.15) is 0 Å². The van der Waals surface area contributed by atoms with E-state index < -0.39 is 0 Å². The molecule has 0 bridgehead atoms. The van der Waals surface area contributed by atoms with Crippen molar-refractivity contribution in [2.45, 2.75) is 25.8 Å². The first-order chi connectivity index (χ1) is 5.88. The van der Waals surface area contributed by atoms with Crippen LogP contribution in [-0.2, 0) is 0 Å². The number of nitrogens with zero attached hydrogens (tertiary/aromatic N) is 1. The molecular formula is C9H20N2O. The molecule has 1 unspecified atom stereocenters. The Labute approximate surface area is 74.8 Å². The van der Waals surface area contributed by atoms with Crippen LogP contribution >= 0.6 is 0 Å². The van der Waals surface area contributed by atoms with Crippen molar-refractivity contribution in [2.75, 3.05) is 32.8 Å². The van der Waals surface area contributed by atoms with Crippen molar-refractivity contribution in [3.05, 3.63) is 0 Å². The van der Waals surface area contributed by atoms with Crippen molar-refractivity contribution < 1.29 is 5.11 Å². The van der Waals surface area contributed by atoms with Crippen LogP contribution in [-0.4, -0.2) is 48.8 Å². The number of aliphatic hydroxyl groups is 1. The summed E-state index contributed by atoms with van der Waals surface area (Å²) in [5, 5.41) is 12.1. The molecule has 2 N–H and O–H groups in total. The maximum Gasteiger partial charge on any atom is 0.0443 e. The van der Waals surface area contributed by atoms with Crippen molar-refractivity contribution in [1.82, 2.24) is 10.2 Å². The van der Waals surface area contributed by atoms with Crippen LogP contribution in [0, 0.1) is 0 Å². The standard InChI is InChI=1S/C9H20N2O/c1-2-11(6-3-7-12)9-4-5-10-8-9/h9-10,12H,2-8H2,1H3. The first-order valence-corrected chi connectivity index (χ1v) is 4.94. The Hall–Kier alpha value is -0.120. The van der Waals surface area contributed by atoms with Gasteiger partial charge in [0.2, 0.25) is 0 Å². The summed E-state index contributed by atoms with van der Waals surface area (Å²) in [5.74, 6) is 0. The van der Waals surface area contributed by atoms with Crippen LogP contribution in [0.25, 0.3) is 0 Å². The van der Waals surface area contributed by atoms with Gasteiger partial charge in [-0.05, 0) is 25.9 Å². The van der Waals surface area contributed by atoms with Crippen LogP contribution in [0.1, 0.15) is 19.8 Å². The average molecular weight is 172 g/mol. The quantitative estimate of drug-likeness (QED) is 0.615. The van der Waals surface area contributed by atoms with Crippen LogP contribution in [0.4, 0.5) is 0 Å². The number of nitrogens with one attached hydrogen (secondary N) is 1. The Morgan fingerprint density at radius 3 is 2.92 bits per heavy atom. The minimum atomic E-state index is 0.316. The summed E-state index contributed by atoms with van der Waals surface area (Å²) in [7, 11) is 0. The smallest absolute Gasteiger partial charge is 0.0443 e. The second-order valence-electron chi connectivity index (χ2n) is 3.35. The first kappa shape index (κ1) is 9.96. The third kappa shape index (κ3) is 2.73. The molecule has 1 atom stereocenters. The molecule has 1 aliphatic heterocycles. The molecule has 12 heavy (non-hydrogen) atoms. The monoisotopic (exact) mass is 172 g/mol. The van der Waals surface area contributed by atoms with Gasteiger partial charge in [-0.3, -0.25) is 4.90 Å². The van der Waals surface area contributed by atoms with E-state index in [-0.39, 0.29) is 0 Å². The molecule has 0 aromatic heterocycles. The molecule has 1 fully saturated rings. The Morgan fingerprint density at radius 1 is 1.58 bits per heavy atom. The third-order valence-electron chi connectivity index (χ3n) is 2.56. The van der Waals surface area contributed by atoms with E-state index in [0.29, 0.717) is 12.6 Å².